The minimum Gasteiger partial charge on any atom is -0.526 e. The molecule has 0 saturated carbocycles. The Labute approximate surface area is 712 Å². The van der Waals surface area contributed by atoms with E-state index in [1.54, 1.807) is 60.0 Å². The van der Waals surface area contributed by atoms with E-state index in [9.17, 15) is 42.8 Å². The van der Waals surface area contributed by atoms with Gasteiger partial charge in [-0.3, -0.25) is 9.98 Å². The first-order valence-electron chi connectivity index (χ1n) is 38.1. The summed E-state index contributed by atoms with van der Waals surface area (Å²) in [5.74, 6) is -2.00. The number of hydrogen-bond acceptors (Lipinski definition) is 19. The summed E-state index contributed by atoms with van der Waals surface area (Å²) in [6.45, 7) is 29.7. The van der Waals surface area contributed by atoms with Crippen LogP contribution in [0.2, 0.25) is 0 Å². The average Bonchev–Trinajstić information content (AvgIpc) is 1.77. The van der Waals surface area contributed by atoms with Gasteiger partial charge in [0.2, 0.25) is 5.13 Å². The van der Waals surface area contributed by atoms with Crippen LogP contribution in [0, 0.1) is 35.4 Å². The third kappa shape index (κ3) is 24.9. The quantitative estimate of drug-likeness (QED) is 0.0147. The van der Waals surface area contributed by atoms with Crippen molar-refractivity contribution >= 4 is 139 Å². The summed E-state index contributed by atoms with van der Waals surface area (Å²) in [5.41, 5.74) is 11.5. The summed E-state index contributed by atoms with van der Waals surface area (Å²) in [6.07, 6.45) is 12.3. The number of phenolic OH excluding ortho intramolecular Hbond substituents is 4. The fourth-order valence-corrected chi connectivity index (χ4v) is 15.0. The smallest absolute Gasteiger partial charge is 0.346 e. The van der Waals surface area contributed by atoms with E-state index in [0.717, 1.165) is 165 Å². The van der Waals surface area contributed by atoms with Gasteiger partial charge >= 0.3 is 5.63 Å². The molecule has 0 aliphatic heterocycles. The monoisotopic (exact) mass is 1720 g/mol. The number of benzene rings is 10. The van der Waals surface area contributed by atoms with Crippen LogP contribution in [-0.2, 0) is 33.6 Å². The molecule has 0 unspecified atom stereocenters. The van der Waals surface area contributed by atoms with Gasteiger partial charge < -0.3 is 49.3 Å². The second-order valence-electron chi connectivity index (χ2n) is 25.8. The summed E-state index contributed by atoms with van der Waals surface area (Å²) < 4.78 is 61.3. The van der Waals surface area contributed by atoms with Crippen molar-refractivity contribution in [1.82, 2.24) is 15.0 Å². The molecule has 0 atom stereocenters. The van der Waals surface area contributed by atoms with E-state index in [2.05, 4.69) is 115 Å². The normalized spacial score (nSPS) is 11.1. The number of thiazole rings is 3. The Morgan fingerprint density at radius 3 is 1.18 bits per heavy atom. The van der Waals surface area contributed by atoms with Crippen LogP contribution in [0.15, 0.2) is 225 Å². The van der Waals surface area contributed by atoms with Crippen LogP contribution in [0.25, 0.3) is 64.3 Å². The first-order chi connectivity index (χ1) is 55.7. The number of hydrogen-bond donors (Lipinski definition) is 4. The summed E-state index contributed by atoms with van der Waals surface area (Å²) in [7, 11) is 0. The Hall–Kier alpha value is -11.2. The van der Waals surface area contributed by atoms with Crippen LogP contribution >= 0.6 is 34.0 Å². The van der Waals surface area contributed by atoms with E-state index in [1.807, 2.05) is 149 Å². The Morgan fingerprint density at radius 2 is 0.761 bits per heavy atom. The molecule has 14 aromatic rings. The van der Waals surface area contributed by atoms with Gasteiger partial charge in [-0.05, 0) is 184 Å². The fourth-order valence-electron chi connectivity index (χ4n) is 12.4. The van der Waals surface area contributed by atoms with Gasteiger partial charge in [0.05, 0.1) is 59.3 Å². The second kappa shape index (κ2) is 44.8. The second-order valence-corrected chi connectivity index (χ2v) is 28.9. The molecule has 2 radical (unpaired) electrons. The van der Waals surface area contributed by atoms with Gasteiger partial charge in [-0.2, -0.15) is 0 Å². The SMILES string of the molecule is CCN(CC)c1ccc(C=Nc2cc(F)cc(F)c2)c(O)c1.CCN(CC)c1ccc(C=Nc2nc3ccccc3s2)c(O)c1.CCN(CC)c1ccc(C=[C-]c2cc(F)cc(F)c2)c(O)c1.CCN(CC)c1ccc(C=[C-]c2nc3ccccc3s2)c(O)c1.CCN(CC)c1ccc2cc(-c3nc4ccccc4s3)c(=O)oc2c1.[Co].[Co]. The number of anilines is 5. The Morgan fingerprint density at radius 1 is 0.393 bits per heavy atom. The molecule has 25 heteroatoms. The molecular weight excluding hydrogens is 1630 g/mol. The van der Waals surface area contributed by atoms with E-state index in [4.69, 9.17) is 4.42 Å². The number of aromatic nitrogens is 3. The molecule has 4 heterocycles. The number of nitrogens with zero attached hydrogens (tertiary/aromatic N) is 10. The van der Waals surface area contributed by atoms with Crippen LogP contribution in [0.4, 0.5) is 56.8 Å². The molecule has 16 nitrogen and oxygen atoms in total. The van der Waals surface area contributed by atoms with Gasteiger partial charge in [-0.1, -0.05) is 77.6 Å². The van der Waals surface area contributed by atoms with Crippen molar-refractivity contribution in [2.75, 3.05) is 89.9 Å². The number of halogens is 4. The van der Waals surface area contributed by atoms with Crippen molar-refractivity contribution in [3.8, 4) is 33.6 Å². The number of aromatic hydroxyl groups is 4. The Bertz CT molecular complexity index is 5380. The van der Waals surface area contributed by atoms with Crippen molar-refractivity contribution in [2.24, 2.45) is 9.98 Å². The minimum atomic E-state index is -0.687. The number of phenols is 4. The van der Waals surface area contributed by atoms with Crippen molar-refractivity contribution < 1.29 is 76.0 Å². The molecule has 4 N–H and O–H groups in total. The molecule has 0 fully saturated rings. The summed E-state index contributed by atoms with van der Waals surface area (Å²) >= 11 is 4.64. The predicted molar refractivity (Wildman–Crippen MR) is 471 cm³/mol. The first-order valence-corrected chi connectivity index (χ1v) is 40.5. The molecule has 612 valence electrons. The molecule has 10 aromatic carbocycles. The molecule has 0 bridgehead atoms. The molecule has 117 heavy (non-hydrogen) atoms. The fraction of sp³-hybridized carbons (Fsp3) is 0.217. The van der Waals surface area contributed by atoms with Crippen LogP contribution in [-0.4, -0.2) is 113 Å². The summed E-state index contributed by atoms with van der Waals surface area (Å²) in [6, 6.07) is 60.0. The standard InChI is InChI=1S/C20H18N2O2S.C19H19N2OS.C18H18F2NO.C18H19N3OS.C17H18F2N2O.2Co/c1-3-22(4-2)14-10-9-13-11-15(20(23)24-17(13)12-14)19-21-16-7-5-6-8-18(16)25-19;1-3-21(4-2)15-11-9-14(17(22)13-15)10-12-19-20-16-7-5-6-8-18(16)23-19;1-3-21(4-2)17-8-7-14(18(22)12-17)6-5-13-9-15(19)11-16(20)10-13;1-3-21(4-2)14-10-9-13(16(22)11-14)12-19-18-20-15-7-5-6-8-17(15)23-18;1-3-21(4-2)16-6-5-12(17(22)10-16)11-20-15-8-13(18)7-14(19)9-15;;/h5-12H,3-4H2,1-2H3;5-11,13,22H,3-4H2,1-2H3;6-12,22H,3-4H2,1-2H3;5-12,22H,3-4H2,1-2H3;5-11,22H,3-4H2,1-2H3;;/q;2*-1;;;;. The molecule has 0 aliphatic carbocycles. The third-order valence-electron chi connectivity index (χ3n) is 18.6. The van der Waals surface area contributed by atoms with E-state index in [1.165, 1.54) is 47.1 Å². The molecular formula is C92H92Co2F4N10O6S3-2. The molecule has 14 rings (SSSR count). The Balaban J connectivity index is 0.000000182. The van der Waals surface area contributed by atoms with Crippen LogP contribution < -0.4 is 30.1 Å². The molecule has 0 amide bonds. The van der Waals surface area contributed by atoms with Gasteiger partial charge in [0, 0.05) is 191 Å². The zero-order chi connectivity index (χ0) is 82.1. The maximum absolute atomic E-state index is 13.1. The zero-order valence-electron chi connectivity index (χ0n) is 66.5. The van der Waals surface area contributed by atoms with Gasteiger partial charge in [-0.15, -0.1) is 52.0 Å². The van der Waals surface area contributed by atoms with Gasteiger partial charge in [0.15, 0.2) is 0 Å². The molecule has 0 spiro atoms. The largest absolute Gasteiger partial charge is 0.526 e. The van der Waals surface area contributed by atoms with Crippen molar-refractivity contribution in [1.29, 1.82) is 0 Å². The van der Waals surface area contributed by atoms with E-state index >= 15 is 0 Å². The maximum Gasteiger partial charge on any atom is 0.346 e. The molecule has 0 aliphatic rings. The van der Waals surface area contributed by atoms with Gasteiger partial charge in [0.1, 0.15) is 33.7 Å². The summed E-state index contributed by atoms with van der Waals surface area (Å²) in [4.78, 5) is 45.3. The van der Waals surface area contributed by atoms with Gasteiger partial charge in [-0.25, -0.2) is 49.5 Å². The van der Waals surface area contributed by atoms with Crippen LogP contribution in [0.3, 0.4) is 0 Å². The molecule has 0 saturated heterocycles. The minimum absolute atomic E-state index is 0. The summed E-state index contributed by atoms with van der Waals surface area (Å²) in [5, 5.41) is 43.7. The molecule has 4 aromatic heterocycles. The van der Waals surface area contributed by atoms with Crippen LogP contribution in [0.5, 0.6) is 23.0 Å². The van der Waals surface area contributed by atoms with Crippen LogP contribution in [0.1, 0.15) is 102 Å². The zero-order valence-corrected chi connectivity index (χ0v) is 71.0. The first kappa shape index (κ1) is 91.4. The maximum atomic E-state index is 13.1. The van der Waals surface area contributed by atoms with Crippen molar-refractivity contribution in [3.05, 3.63) is 285 Å². The Kier molecular flexibility index (Phi) is 35.0. The van der Waals surface area contributed by atoms with Crippen molar-refractivity contribution in [3.63, 3.8) is 0 Å². The van der Waals surface area contributed by atoms with Gasteiger partial charge in [0.25, 0.3) is 0 Å². The topological polar surface area (TPSA) is 191 Å². The van der Waals surface area contributed by atoms with E-state index in [-0.39, 0.29) is 73.4 Å². The number of fused-ring (bicyclic) bond motifs is 4. The average molecular weight is 1720 g/mol. The van der Waals surface area contributed by atoms with E-state index in [0.29, 0.717) is 38.0 Å². The number of rotatable bonds is 24. The number of para-hydroxylation sites is 3. The van der Waals surface area contributed by atoms with Crippen molar-refractivity contribution in [2.45, 2.75) is 69.2 Å². The third-order valence-corrected chi connectivity index (χ3v) is 21.6. The van der Waals surface area contributed by atoms with E-state index < -0.39 is 23.3 Å². The number of aliphatic imine (C=N–C) groups is 2. The predicted octanol–water partition coefficient (Wildman–Crippen LogP) is 22.9.